The molecule has 0 spiro atoms. The number of benzene rings is 2. The van der Waals surface area contributed by atoms with Crippen molar-refractivity contribution >= 4 is 5.97 Å². The standard InChI is InChI=1S/C21H23NO4/c23-21(24)16-9-10-17(11-16)22-12-14-5-7-15(8-6-14)20-13-25-18-3-1-2-4-19(18)26-20/h1-8,16-17,20,22H,9-13H2,(H,23,24). The Hall–Kier alpha value is -2.53. The fourth-order valence-corrected chi connectivity index (χ4v) is 3.69. The van der Waals surface area contributed by atoms with E-state index in [1.165, 1.54) is 5.56 Å². The van der Waals surface area contributed by atoms with Gasteiger partial charge in [0.05, 0.1) is 5.92 Å². The number of carboxylic acids is 1. The van der Waals surface area contributed by atoms with E-state index < -0.39 is 5.97 Å². The number of aliphatic carboxylic acids is 1. The lowest BCUT2D eigenvalue weighted by Crippen LogP contribution is -2.26. The average molecular weight is 353 g/mol. The molecule has 2 N–H and O–H groups in total. The van der Waals surface area contributed by atoms with E-state index in [9.17, 15) is 4.79 Å². The molecular formula is C21H23NO4. The largest absolute Gasteiger partial charge is 0.485 e. The first kappa shape index (κ1) is 16.9. The van der Waals surface area contributed by atoms with E-state index in [0.29, 0.717) is 12.6 Å². The molecule has 1 saturated carbocycles. The molecule has 2 aromatic rings. The summed E-state index contributed by atoms with van der Waals surface area (Å²) in [6, 6.07) is 16.4. The van der Waals surface area contributed by atoms with Crippen LogP contribution in [0.25, 0.3) is 0 Å². The number of carbonyl (C=O) groups is 1. The maximum atomic E-state index is 11.0. The van der Waals surface area contributed by atoms with Gasteiger partial charge in [0.1, 0.15) is 6.61 Å². The summed E-state index contributed by atoms with van der Waals surface area (Å²) in [4.78, 5) is 11.0. The van der Waals surface area contributed by atoms with Gasteiger partial charge in [0.2, 0.25) is 0 Å². The van der Waals surface area contributed by atoms with Crippen molar-refractivity contribution in [3.05, 3.63) is 59.7 Å². The molecule has 136 valence electrons. The van der Waals surface area contributed by atoms with Gasteiger partial charge in [0, 0.05) is 12.6 Å². The van der Waals surface area contributed by atoms with Crippen molar-refractivity contribution in [1.82, 2.24) is 5.32 Å². The van der Waals surface area contributed by atoms with Crippen LogP contribution in [-0.2, 0) is 11.3 Å². The summed E-state index contributed by atoms with van der Waals surface area (Å²) < 4.78 is 11.8. The molecule has 26 heavy (non-hydrogen) atoms. The Balaban J connectivity index is 1.32. The van der Waals surface area contributed by atoms with Gasteiger partial charge in [0.15, 0.2) is 17.6 Å². The average Bonchev–Trinajstić information content (AvgIpc) is 3.16. The summed E-state index contributed by atoms with van der Waals surface area (Å²) in [5.41, 5.74) is 2.28. The first-order valence-electron chi connectivity index (χ1n) is 9.12. The normalized spacial score (nSPS) is 24.4. The van der Waals surface area contributed by atoms with Crippen molar-refractivity contribution in [3.63, 3.8) is 0 Å². The van der Waals surface area contributed by atoms with Gasteiger partial charge in [0.25, 0.3) is 0 Å². The zero-order valence-corrected chi connectivity index (χ0v) is 14.6. The lowest BCUT2D eigenvalue weighted by atomic mass is 10.1. The molecule has 0 amide bonds. The second kappa shape index (κ2) is 7.38. The van der Waals surface area contributed by atoms with Crippen LogP contribution in [0, 0.1) is 5.92 Å². The molecule has 3 atom stereocenters. The molecule has 5 nitrogen and oxygen atoms in total. The fraction of sp³-hybridized carbons (Fsp3) is 0.381. The quantitative estimate of drug-likeness (QED) is 0.860. The van der Waals surface area contributed by atoms with E-state index in [1.54, 1.807) is 0 Å². The minimum Gasteiger partial charge on any atom is -0.485 e. The van der Waals surface area contributed by atoms with Crippen molar-refractivity contribution < 1.29 is 19.4 Å². The Kier molecular flexibility index (Phi) is 4.80. The summed E-state index contributed by atoms with van der Waals surface area (Å²) in [5, 5.41) is 12.6. The van der Waals surface area contributed by atoms with Crippen molar-refractivity contribution in [1.29, 1.82) is 0 Å². The molecule has 2 aromatic carbocycles. The Morgan fingerprint density at radius 1 is 1.08 bits per heavy atom. The van der Waals surface area contributed by atoms with E-state index in [4.69, 9.17) is 14.6 Å². The van der Waals surface area contributed by atoms with Crippen LogP contribution >= 0.6 is 0 Å². The van der Waals surface area contributed by atoms with Gasteiger partial charge < -0.3 is 19.9 Å². The van der Waals surface area contributed by atoms with E-state index in [1.807, 2.05) is 24.3 Å². The zero-order chi connectivity index (χ0) is 17.9. The summed E-state index contributed by atoms with van der Waals surface area (Å²) in [6.07, 6.45) is 2.33. The van der Waals surface area contributed by atoms with Gasteiger partial charge in [-0.3, -0.25) is 4.79 Å². The van der Waals surface area contributed by atoms with Gasteiger partial charge in [-0.15, -0.1) is 0 Å². The predicted octanol–water partition coefficient (Wildman–Crippen LogP) is 3.54. The molecule has 1 aliphatic heterocycles. The lowest BCUT2D eigenvalue weighted by Gasteiger charge is -2.26. The van der Waals surface area contributed by atoms with Crippen LogP contribution in [-0.4, -0.2) is 23.7 Å². The minimum absolute atomic E-state index is 0.0990. The number of para-hydroxylation sites is 2. The van der Waals surface area contributed by atoms with Crippen molar-refractivity contribution in [2.75, 3.05) is 6.61 Å². The molecule has 5 heteroatoms. The highest BCUT2D eigenvalue weighted by Gasteiger charge is 2.29. The van der Waals surface area contributed by atoms with E-state index in [0.717, 1.165) is 42.9 Å². The molecule has 1 fully saturated rings. The molecule has 1 heterocycles. The van der Waals surface area contributed by atoms with Crippen LogP contribution in [0.15, 0.2) is 48.5 Å². The summed E-state index contributed by atoms with van der Waals surface area (Å²) in [6.45, 7) is 1.26. The smallest absolute Gasteiger partial charge is 0.306 e. The van der Waals surface area contributed by atoms with Crippen LogP contribution < -0.4 is 14.8 Å². The van der Waals surface area contributed by atoms with E-state index in [2.05, 4.69) is 29.6 Å². The van der Waals surface area contributed by atoms with Gasteiger partial charge >= 0.3 is 5.97 Å². The number of carboxylic acid groups (broad SMARTS) is 1. The molecule has 1 aliphatic carbocycles. The lowest BCUT2D eigenvalue weighted by molar-refractivity contribution is -0.141. The highest BCUT2D eigenvalue weighted by molar-refractivity contribution is 5.70. The van der Waals surface area contributed by atoms with Crippen LogP contribution in [0.5, 0.6) is 11.5 Å². The predicted molar refractivity (Wildman–Crippen MR) is 97.4 cm³/mol. The third-order valence-electron chi connectivity index (χ3n) is 5.24. The van der Waals surface area contributed by atoms with Gasteiger partial charge in [-0.25, -0.2) is 0 Å². The minimum atomic E-state index is -0.671. The summed E-state index contributed by atoms with van der Waals surface area (Å²) in [5.74, 6) is 0.709. The maximum Gasteiger partial charge on any atom is 0.306 e. The molecule has 2 aliphatic rings. The second-order valence-corrected chi connectivity index (χ2v) is 7.03. The fourth-order valence-electron chi connectivity index (χ4n) is 3.69. The molecule has 0 aromatic heterocycles. The molecule has 0 radical (unpaired) electrons. The van der Waals surface area contributed by atoms with Gasteiger partial charge in [-0.2, -0.15) is 0 Å². The Bertz CT molecular complexity index is 774. The van der Waals surface area contributed by atoms with Crippen molar-refractivity contribution in [3.8, 4) is 11.5 Å². The van der Waals surface area contributed by atoms with E-state index >= 15 is 0 Å². The van der Waals surface area contributed by atoms with Crippen LogP contribution in [0.4, 0.5) is 0 Å². The van der Waals surface area contributed by atoms with Crippen molar-refractivity contribution in [2.24, 2.45) is 5.92 Å². The number of nitrogens with one attached hydrogen (secondary N) is 1. The van der Waals surface area contributed by atoms with E-state index in [-0.39, 0.29) is 12.0 Å². The number of hydrogen-bond acceptors (Lipinski definition) is 4. The molecule has 4 rings (SSSR count). The third kappa shape index (κ3) is 3.68. The summed E-state index contributed by atoms with van der Waals surface area (Å²) >= 11 is 0. The summed E-state index contributed by atoms with van der Waals surface area (Å²) in [7, 11) is 0. The number of fused-ring (bicyclic) bond motifs is 1. The SMILES string of the molecule is O=C(O)C1CCC(NCc2ccc(C3COc4ccccc4O3)cc2)C1. The third-order valence-corrected chi connectivity index (χ3v) is 5.24. The van der Waals surface area contributed by atoms with Crippen molar-refractivity contribution in [2.45, 2.75) is 38.0 Å². The topological polar surface area (TPSA) is 67.8 Å². The monoisotopic (exact) mass is 353 g/mol. The highest BCUT2D eigenvalue weighted by atomic mass is 16.6. The number of rotatable bonds is 5. The Labute approximate surface area is 152 Å². The highest BCUT2D eigenvalue weighted by Crippen LogP contribution is 2.35. The first-order chi connectivity index (χ1) is 12.7. The molecule has 3 unspecified atom stereocenters. The maximum absolute atomic E-state index is 11.0. The molecule has 0 saturated heterocycles. The molecular weight excluding hydrogens is 330 g/mol. The first-order valence-corrected chi connectivity index (χ1v) is 9.12. The van der Waals surface area contributed by atoms with Gasteiger partial charge in [-0.1, -0.05) is 36.4 Å². The van der Waals surface area contributed by atoms with Gasteiger partial charge in [-0.05, 0) is 42.5 Å². The number of hydrogen-bond donors (Lipinski definition) is 2. The zero-order valence-electron chi connectivity index (χ0n) is 14.6. The number of ether oxygens (including phenoxy) is 2. The molecule has 0 bridgehead atoms. The van der Waals surface area contributed by atoms with Crippen LogP contribution in [0.2, 0.25) is 0 Å². The van der Waals surface area contributed by atoms with Crippen LogP contribution in [0.3, 0.4) is 0 Å². The Morgan fingerprint density at radius 2 is 1.85 bits per heavy atom. The Morgan fingerprint density at radius 3 is 2.58 bits per heavy atom. The van der Waals surface area contributed by atoms with Crippen LogP contribution in [0.1, 0.15) is 36.5 Å². The second-order valence-electron chi connectivity index (χ2n) is 7.03.